The van der Waals surface area contributed by atoms with Crippen LogP contribution in [0.4, 0.5) is 11.4 Å². The summed E-state index contributed by atoms with van der Waals surface area (Å²) in [6.07, 6.45) is 28.5. The van der Waals surface area contributed by atoms with Gasteiger partial charge in [0, 0.05) is 20.4 Å². The van der Waals surface area contributed by atoms with Crippen molar-refractivity contribution < 1.29 is 20.4 Å². The molecule has 2 aromatic carbocycles. The van der Waals surface area contributed by atoms with E-state index in [-0.39, 0.29) is 20.4 Å². The molecule has 0 bridgehead atoms. The van der Waals surface area contributed by atoms with E-state index in [0.717, 1.165) is 74.2 Å². The first-order chi connectivity index (χ1) is 21.6. The molecule has 45 heavy (non-hydrogen) atoms. The third-order valence-corrected chi connectivity index (χ3v) is 8.44. The Morgan fingerprint density at radius 1 is 0.489 bits per heavy atom. The minimum atomic E-state index is 0. The molecular weight excluding hydrogens is 639 g/mol. The number of hydrogen-bond acceptors (Lipinski definition) is 2. The molecule has 0 aromatic heterocycles. The predicted octanol–water partition coefficient (Wildman–Crippen LogP) is 13.6. The summed E-state index contributed by atoms with van der Waals surface area (Å²) in [6.45, 7) is 13.6. The molecule has 0 unspecified atom stereocenters. The Bertz CT molecular complexity index is 1090. The van der Waals surface area contributed by atoms with Crippen LogP contribution in [0.3, 0.4) is 0 Å². The maximum atomic E-state index is 5.42. The SMILES string of the molecule is CC/C=C/C(=Nc1cc(CCCCC)cc(CCCCC)c1)C(CCCC)=Nc1cc(CCCCC)cc(CCCCC)c1.[Pd]. The van der Waals surface area contributed by atoms with Gasteiger partial charge in [0.25, 0.3) is 0 Å². The van der Waals surface area contributed by atoms with Crippen molar-refractivity contribution in [3.8, 4) is 0 Å². The Labute approximate surface area is 292 Å². The van der Waals surface area contributed by atoms with Crippen LogP contribution in [0.15, 0.2) is 58.5 Å². The van der Waals surface area contributed by atoms with Crippen molar-refractivity contribution in [1.29, 1.82) is 0 Å². The van der Waals surface area contributed by atoms with Crippen LogP contribution in [0.5, 0.6) is 0 Å². The fourth-order valence-corrected chi connectivity index (χ4v) is 5.82. The number of aryl methyl sites for hydroxylation is 4. The normalized spacial score (nSPS) is 12.2. The summed E-state index contributed by atoms with van der Waals surface area (Å²) in [5, 5.41) is 0. The molecule has 0 aliphatic carbocycles. The first-order valence-corrected chi connectivity index (χ1v) is 18.6. The third kappa shape index (κ3) is 17.6. The van der Waals surface area contributed by atoms with E-state index in [1.807, 2.05) is 0 Å². The number of hydrogen-bond donors (Lipinski definition) is 0. The zero-order valence-corrected chi connectivity index (χ0v) is 31.5. The Morgan fingerprint density at radius 3 is 1.22 bits per heavy atom. The molecule has 0 aliphatic heterocycles. The molecule has 0 radical (unpaired) electrons. The maximum Gasteiger partial charge on any atom is 0.0848 e. The van der Waals surface area contributed by atoms with Crippen LogP contribution in [0.2, 0.25) is 0 Å². The van der Waals surface area contributed by atoms with E-state index in [4.69, 9.17) is 9.98 Å². The quantitative estimate of drug-likeness (QED) is 0.0590. The number of nitrogens with zero attached hydrogens (tertiary/aromatic N) is 2. The molecule has 0 amide bonds. The van der Waals surface area contributed by atoms with Crippen LogP contribution < -0.4 is 0 Å². The number of allylic oxidation sites excluding steroid dienone is 2. The molecule has 254 valence electrons. The third-order valence-electron chi connectivity index (χ3n) is 8.44. The average molecular weight is 705 g/mol. The predicted molar refractivity (Wildman–Crippen MR) is 199 cm³/mol. The van der Waals surface area contributed by atoms with Crippen LogP contribution in [-0.4, -0.2) is 11.4 Å². The Hall–Kier alpha value is -1.82. The molecular formula is C42H66N2Pd. The summed E-state index contributed by atoms with van der Waals surface area (Å²) in [5.41, 5.74) is 10.1. The molecule has 0 N–H and O–H groups in total. The van der Waals surface area contributed by atoms with E-state index in [9.17, 15) is 0 Å². The van der Waals surface area contributed by atoms with Crippen molar-refractivity contribution in [3.05, 3.63) is 70.8 Å². The van der Waals surface area contributed by atoms with Crippen LogP contribution in [0, 0.1) is 0 Å². The zero-order chi connectivity index (χ0) is 31.8. The van der Waals surface area contributed by atoms with Gasteiger partial charge in [-0.05, 0) is 123 Å². The zero-order valence-electron chi connectivity index (χ0n) is 30.0. The minimum absolute atomic E-state index is 0. The summed E-state index contributed by atoms with van der Waals surface area (Å²) in [6, 6.07) is 14.3. The summed E-state index contributed by atoms with van der Waals surface area (Å²) < 4.78 is 0. The van der Waals surface area contributed by atoms with Gasteiger partial charge < -0.3 is 0 Å². The van der Waals surface area contributed by atoms with Gasteiger partial charge in [-0.25, -0.2) is 4.99 Å². The molecule has 0 spiro atoms. The largest absolute Gasteiger partial charge is 0.251 e. The van der Waals surface area contributed by atoms with Crippen molar-refractivity contribution >= 4 is 22.8 Å². The Morgan fingerprint density at radius 2 is 0.867 bits per heavy atom. The van der Waals surface area contributed by atoms with Crippen molar-refractivity contribution in [2.75, 3.05) is 0 Å². The molecule has 2 nitrogen and oxygen atoms in total. The van der Waals surface area contributed by atoms with E-state index in [0.29, 0.717) is 0 Å². The Kier molecular flexibility index (Phi) is 24.1. The van der Waals surface area contributed by atoms with Gasteiger partial charge in [0.1, 0.15) is 0 Å². The summed E-state index contributed by atoms with van der Waals surface area (Å²) in [7, 11) is 0. The Balaban J connectivity index is 0.0000101. The van der Waals surface area contributed by atoms with E-state index >= 15 is 0 Å². The number of unbranched alkanes of at least 4 members (excludes halogenated alkanes) is 9. The van der Waals surface area contributed by atoms with Gasteiger partial charge in [0.2, 0.25) is 0 Å². The molecule has 0 heterocycles. The van der Waals surface area contributed by atoms with E-state index in [1.54, 1.807) is 0 Å². The fourth-order valence-electron chi connectivity index (χ4n) is 5.82. The molecule has 0 saturated carbocycles. The van der Waals surface area contributed by atoms with E-state index in [2.05, 4.69) is 90.1 Å². The van der Waals surface area contributed by atoms with Gasteiger partial charge in [-0.3, -0.25) is 4.99 Å². The van der Waals surface area contributed by atoms with Gasteiger partial charge in [0.15, 0.2) is 0 Å². The molecule has 0 aliphatic rings. The molecule has 0 saturated heterocycles. The first kappa shape index (κ1) is 41.2. The van der Waals surface area contributed by atoms with E-state index in [1.165, 1.54) is 99.3 Å². The molecule has 3 heteroatoms. The minimum Gasteiger partial charge on any atom is -0.251 e. The summed E-state index contributed by atoms with van der Waals surface area (Å²) in [5.74, 6) is 0. The van der Waals surface area contributed by atoms with Crippen LogP contribution in [-0.2, 0) is 46.1 Å². The standard InChI is InChI=1S/C42H66N2.Pd/c1-7-13-19-23-35-29-36(24-20-14-8-2)32-39(31-35)43-41(27-17-11-5)42(28-18-12-6)44-40-33-37(25-21-15-9-3)30-38(34-40)26-22-16-10-4;/h17,27,29-34H,7-16,18-26,28H2,1-6H3;/b27-17+,43-41?,44-42?;. The maximum absolute atomic E-state index is 5.42. The molecule has 2 rings (SSSR count). The molecule has 2 aromatic rings. The van der Waals surface area contributed by atoms with E-state index < -0.39 is 0 Å². The van der Waals surface area contributed by atoms with Crippen LogP contribution in [0.1, 0.15) is 167 Å². The van der Waals surface area contributed by atoms with Gasteiger partial charge >= 0.3 is 0 Å². The second-order valence-corrected chi connectivity index (χ2v) is 12.8. The van der Waals surface area contributed by atoms with Crippen molar-refractivity contribution in [2.45, 2.75) is 170 Å². The summed E-state index contributed by atoms with van der Waals surface area (Å²) in [4.78, 5) is 10.8. The van der Waals surface area contributed by atoms with Gasteiger partial charge in [0.05, 0.1) is 22.8 Å². The van der Waals surface area contributed by atoms with Gasteiger partial charge in [-0.2, -0.15) is 0 Å². The number of benzene rings is 2. The first-order valence-electron chi connectivity index (χ1n) is 18.6. The second-order valence-electron chi connectivity index (χ2n) is 12.8. The van der Waals surface area contributed by atoms with Crippen LogP contribution >= 0.6 is 0 Å². The number of aliphatic imine (C=N–C) groups is 2. The van der Waals surface area contributed by atoms with Crippen molar-refractivity contribution in [1.82, 2.24) is 0 Å². The molecule has 0 fully saturated rings. The summed E-state index contributed by atoms with van der Waals surface area (Å²) >= 11 is 0. The second kappa shape index (κ2) is 26.3. The van der Waals surface area contributed by atoms with Crippen molar-refractivity contribution in [2.24, 2.45) is 9.98 Å². The smallest absolute Gasteiger partial charge is 0.0848 e. The van der Waals surface area contributed by atoms with Gasteiger partial charge in [-0.1, -0.05) is 118 Å². The molecule has 0 atom stereocenters. The van der Waals surface area contributed by atoms with Crippen molar-refractivity contribution in [3.63, 3.8) is 0 Å². The average Bonchev–Trinajstić information content (AvgIpc) is 3.02. The van der Waals surface area contributed by atoms with Crippen LogP contribution in [0.25, 0.3) is 0 Å². The fraction of sp³-hybridized carbons (Fsp3) is 0.619. The topological polar surface area (TPSA) is 24.7 Å². The van der Waals surface area contributed by atoms with Gasteiger partial charge in [-0.15, -0.1) is 0 Å². The number of rotatable bonds is 24. The monoisotopic (exact) mass is 704 g/mol.